The number of aryl methyl sites for hydroxylation is 1. The molecule has 0 saturated heterocycles. The summed E-state index contributed by atoms with van der Waals surface area (Å²) < 4.78 is 30.6. The molecular formula is C24H28N2O6S. The number of benzene rings is 2. The summed E-state index contributed by atoms with van der Waals surface area (Å²) in [6.45, 7) is 3.48. The first kappa shape index (κ1) is 24.4. The van der Waals surface area contributed by atoms with Crippen molar-refractivity contribution in [3.63, 3.8) is 0 Å². The average Bonchev–Trinajstić information content (AvgIpc) is 2.79. The first-order valence-electron chi connectivity index (χ1n) is 10.7. The summed E-state index contributed by atoms with van der Waals surface area (Å²) in [6.07, 6.45) is 2.47. The van der Waals surface area contributed by atoms with Crippen LogP contribution in [-0.4, -0.2) is 51.5 Å². The van der Waals surface area contributed by atoms with E-state index in [1.807, 2.05) is 0 Å². The van der Waals surface area contributed by atoms with Crippen LogP contribution in [0.15, 0.2) is 48.5 Å². The van der Waals surface area contributed by atoms with Crippen LogP contribution in [0.25, 0.3) is 0 Å². The normalized spacial score (nSPS) is 14.4. The van der Waals surface area contributed by atoms with Crippen LogP contribution in [0.3, 0.4) is 0 Å². The molecule has 0 aromatic heterocycles. The average molecular weight is 473 g/mol. The van der Waals surface area contributed by atoms with Gasteiger partial charge in [0, 0.05) is 17.7 Å². The van der Waals surface area contributed by atoms with Crippen molar-refractivity contribution in [3.05, 3.63) is 65.2 Å². The van der Waals surface area contributed by atoms with Crippen LogP contribution in [0.1, 0.15) is 46.5 Å². The molecule has 1 atom stereocenters. The number of sulfonamides is 1. The van der Waals surface area contributed by atoms with E-state index in [1.165, 1.54) is 10.4 Å². The van der Waals surface area contributed by atoms with Crippen molar-refractivity contribution < 1.29 is 27.5 Å². The van der Waals surface area contributed by atoms with E-state index in [4.69, 9.17) is 4.74 Å². The number of rotatable bonds is 8. The number of Topliss-reactive ketones (excluding diaryl/α,β-unsaturated/α-hetero) is 1. The van der Waals surface area contributed by atoms with Crippen molar-refractivity contribution in [3.8, 4) is 0 Å². The van der Waals surface area contributed by atoms with Crippen molar-refractivity contribution in [2.75, 3.05) is 23.7 Å². The lowest BCUT2D eigenvalue weighted by Gasteiger charge is -2.29. The summed E-state index contributed by atoms with van der Waals surface area (Å²) >= 11 is 0. The van der Waals surface area contributed by atoms with Gasteiger partial charge in [-0.3, -0.25) is 13.9 Å². The van der Waals surface area contributed by atoms with Crippen LogP contribution in [0.4, 0.5) is 5.69 Å². The van der Waals surface area contributed by atoms with Gasteiger partial charge in [-0.1, -0.05) is 32.0 Å². The molecule has 3 rings (SSSR count). The predicted octanol–water partition coefficient (Wildman–Crippen LogP) is 2.58. The molecule has 0 unspecified atom stereocenters. The van der Waals surface area contributed by atoms with Crippen LogP contribution < -0.4 is 9.62 Å². The Morgan fingerprint density at radius 1 is 1.06 bits per heavy atom. The van der Waals surface area contributed by atoms with E-state index < -0.39 is 40.3 Å². The third-order valence-electron chi connectivity index (χ3n) is 5.47. The van der Waals surface area contributed by atoms with Gasteiger partial charge in [0.2, 0.25) is 10.0 Å². The Balaban J connectivity index is 1.65. The van der Waals surface area contributed by atoms with Crippen molar-refractivity contribution >= 4 is 33.4 Å². The second-order valence-electron chi connectivity index (χ2n) is 8.37. The molecule has 0 fully saturated rings. The zero-order chi connectivity index (χ0) is 24.2. The number of fused-ring (bicyclic) bond motifs is 1. The molecule has 2 aromatic rings. The fourth-order valence-corrected chi connectivity index (χ4v) is 4.70. The summed E-state index contributed by atoms with van der Waals surface area (Å²) in [5.41, 5.74) is 2.09. The van der Waals surface area contributed by atoms with E-state index in [9.17, 15) is 22.8 Å². The van der Waals surface area contributed by atoms with E-state index in [0.29, 0.717) is 36.2 Å². The first-order chi connectivity index (χ1) is 15.6. The summed E-state index contributed by atoms with van der Waals surface area (Å²) in [4.78, 5) is 37.7. The monoisotopic (exact) mass is 472 g/mol. The highest BCUT2D eigenvalue weighted by molar-refractivity contribution is 7.92. The quantitative estimate of drug-likeness (QED) is 0.467. The van der Waals surface area contributed by atoms with Crippen LogP contribution in [0.2, 0.25) is 0 Å². The molecule has 0 bridgehead atoms. The van der Waals surface area contributed by atoms with Gasteiger partial charge in [0.25, 0.3) is 5.91 Å². The standard InChI is InChI=1S/C24H28N2O6S/c1-16(2)22(25-23(28)17-8-5-4-6-9-17)24(29)32-15-21(27)19-11-12-20-18(14-19)10-7-13-26(20)33(3,30)31/h4-6,8-9,11-12,14,16,22H,7,10,13,15H2,1-3H3,(H,25,28)/t22-/m0/s1. The summed E-state index contributed by atoms with van der Waals surface area (Å²) in [7, 11) is -3.40. The number of ether oxygens (including phenoxy) is 1. The molecule has 176 valence electrons. The second kappa shape index (κ2) is 10.2. The van der Waals surface area contributed by atoms with E-state index >= 15 is 0 Å². The topological polar surface area (TPSA) is 110 Å². The highest BCUT2D eigenvalue weighted by Gasteiger charge is 2.28. The molecule has 0 saturated carbocycles. The van der Waals surface area contributed by atoms with Crippen LogP contribution >= 0.6 is 0 Å². The van der Waals surface area contributed by atoms with Gasteiger partial charge in [-0.25, -0.2) is 13.2 Å². The number of hydrogen-bond acceptors (Lipinski definition) is 6. The number of ketones is 1. The minimum atomic E-state index is -3.40. The lowest BCUT2D eigenvalue weighted by atomic mass is 9.99. The van der Waals surface area contributed by atoms with Crippen LogP contribution in [-0.2, 0) is 26.0 Å². The molecule has 0 aliphatic carbocycles. The van der Waals surface area contributed by atoms with Gasteiger partial charge in [0.05, 0.1) is 11.9 Å². The lowest BCUT2D eigenvalue weighted by molar-refractivity contribution is -0.145. The summed E-state index contributed by atoms with van der Waals surface area (Å²) in [6, 6.07) is 12.4. The van der Waals surface area contributed by atoms with Gasteiger partial charge in [0.15, 0.2) is 12.4 Å². The van der Waals surface area contributed by atoms with Gasteiger partial charge < -0.3 is 10.1 Å². The molecule has 0 spiro atoms. The maximum atomic E-state index is 12.7. The minimum absolute atomic E-state index is 0.244. The molecule has 0 radical (unpaired) electrons. The van der Waals surface area contributed by atoms with E-state index in [1.54, 1.807) is 56.3 Å². The smallest absolute Gasteiger partial charge is 0.329 e. The molecule has 33 heavy (non-hydrogen) atoms. The minimum Gasteiger partial charge on any atom is -0.456 e. The zero-order valence-corrected chi connectivity index (χ0v) is 19.7. The van der Waals surface area contributed by atoms with E-state index in [0.717, 1.165) is 11.8 Å². The molecule has 1 amide bonds. The number of anilines is 1. The fourth-order valence-electron chi connectivity index (χ4n) is 3.70. The van der Waals surface area contributed by atoms with Gasteiger partial charge in [-0.15, -0.1) is 0 Å². The van der Waals surface area contributed by atoms with Crippen molar-refractivity contribution in [1.82, 2.24) is 5.32 Å². The van der Waals surface area contributed by atoms with Gasteiger partial charge in [0.1, 0.15) is 6.04 Å². The predicted molar refractivity (Wildman–Crippen MR) is 125 cm³/mol. The SMILES string of the molecule is CC(C)[C@H](NC(=O)c1ccccc1)C(=O)OCC(=O)c1ccc2c(c1)CCCN2S(C)(=O)=O. The third kappa shape index (κ3) is 5.98. The Bertz CT molecular complexity index is 1140. The van der Waals surface area contributed by atoms with Gasteiger partial charge in [-0.05, 0) is 54.7 Å². The summed E-state index contributed by atoms with van der Waals surface area (Å²) in [5.74, 6) is -1.74. The molecule has 9 heteroatoms. The van der Waals surface area contributed by atoms with Crippen molar-refractivity contribution in [2.24, 2.45) is 5.92 Å². The molecule has 1 aliphatic heterocycles. The van der Waals surface area contributed by atoms with Crippen LogP contribution in [0.5, 0.6) is 0 Å². The first-order valence-corrected chi connectivity index (χ1v) is 12.6. The molecule has 8 nitrogen and oxygen atoms in total. The van der Waals surface area contributed by atoms with Crippen molar-refractivity contribution in [2.45, 2.75) is 32.7 Å². The molecule has 1 heterocycles. The maximum Gasteiger partial charge on any atom is 0.329 e. The van der Waals surface area contributed by atoms with Gasteiger partial charge in [-0.2, -0.15) is 0 Å². The molecular weight excluding hydrogens is 444 g/mol. The van der Waals surface area contributed by atoms with Crippen molar-refractivity contribution in [1.29, 1.82) is 0 Å². The lowest BCUT2D eigenvalue weighted by Crippen LogP contribution is -2.45. The molecule has 1 aliphatic rings. The molecule has 1 N–H and O–H groups in total. The Morgan fingerprint density at radius 3 is 2.39 bits per heavy atom. The zero-order valence-electron chi connectivity index (χ0n) is 18.9. The van der Waals surface area contributed by atoms with Gasteiger partial charge >= 0.3 is 5.97 Å². The largest absolute Gasteiger partial charge is 0.456 e. The second-order valence-corrected chi connectivity index (χ2v) is 10.3. The highest BCUT2D eigenvalue weighted by atomic mass is 32.2. The number of nitrogens with one attached hydrogen (secondary N) is 1. The number of hydrogen-bond donors (Lipinski definition) is 1. The Hall–Kier alpha value is -3.20. The Morgan fingerprint density at radius 2 is 1.76 bits per heavy atom. The number of carbonyl (C=O) groups excluding carboxylic acids is 3. The fraction of sp³-hybridized carbons (Fsp3) is 0.375. The Kier molecular flexibility index (Phi) is 7.53. The number of carbonyl (C=O) groups is 3. The molecule has 2 aromatic carbocycles. The highest BCUT2D eigenvalue weighted by Crippen LogP contribution is 2.30. The van der Waals surface area contributed by atoms with E-state index in [2.05, 4.69) is 5.32 Å². The number of nitrogens with zero attached hydrogens (tertiary/aromatic N) is 1. The maximum absolute atomic E-state index is 12.7. The third-order valence-corrected chi connectivity index (χ3v) is 6.65. The number of esters is 1. The van der Waals surface area contributed by atoms with Crippen LogP contribution in [0, 0.1) is 5.92 Å². The summed E-state index contributed by atoms with van der Waals surface area (Å²) in [5, 5.41) is 2.67. The van der Waals surface area contributed by atoms with E-state index in [-0.39, 0.29) is 5.92 Å². The number of amides is 1. The Labute approximate surface area is 194 Å².